The van der Waals surface area contributed by atoms with Crippen LogP contribution in [0.5, 0.6) is 0 Å². The predicted octanol–water partition coefficient (Wildman–Crippen LogP) is 1.88. The van der Waals surface area contributed by atoms with E-state index in [1.807, 2.05) is 10.9 Å². The van der Waals surface area contributed by atoms with E-state index < -0.39 is 0 Å². The monoisotopic (exact) mass is 193 g/mol. The molecule has 2 aromatic heterocycles. The molecule has 0 fully saturated rings. The fourth-order valence-corrected chi connectivity index (χ4v) is 1.93. The van der Waals surface area contributed by atoms with Gasteiger partial charge in [0.1, 0.15) is 5.82 Å². The van der Waals surface area contributed by atoms with E-state index in [1.54, 1.807) is 17.4 Å². The maximum Gasteiger partial charge on any atom is 0.145 e. The van der Waals surface area contributed by atoms with Gasteiger partial charge >= 0.3 is 0 Å². The molecule has 0 bridgehead atoms. The Hall–Kier alpha value is -1.29. The van der Waals surface area contributed by atoms with Crippen LogP contribution in [0.4, 0.5) is 5.82 Å². The van der Waals surface area contributed by atoms with Crippen LogP contribution in [0.1, 0.15) is 10.4 Å². The molecule has 0 aromatic carbocycles. The summed E-state index contributed by atoms with van der Waals surface area (Å²) < 4.78 is 1.84. The Bertz CT molecular complexity index is 364. The number of hydrogen-bond acceptors (Lipinski definition) is 3. The Balaban J connectivity index is 2.14. The van der Waals surface area contributed by atoms with Crippen molar-refractivity contribution < 1.29 is 0 Å². The van der Waals surface area contributed by atoms with Gasteiger partial charge in [-0.1, -0.05) is 0 Å². The molecular formula is C9H11N3S. The van der Waals surface area contributed by atoms with Gasteiger partial charge in [0.05, 0.1) is 6.54 Å². The molecule has 2 aromatic rings. The average molecular weight is 193 g/mol. The van der Waals surface area contributed by atoms with Crippen molar-refractivity contribution in [2.75, 3.05) is 5.73 Å². The summed E-state index contributed by atoms with van der Waals surface area (Å²) >= 11 is 1.76. The van der Waals surface area contributed by atoms with Gasteiger partial charge in [0.2, 0.25) is 0 Å². The molecule has 13 heavy (non-hydrogen) atoms. The molecule has 0 unspecified atom stereocenters. The maximum absolute atomic E-state index is 5.51. The number of aromatic nitrogens is 2. The number of nitrogens with zero attached hydrogens (tertiary/aromatic N) is 2. The van der Waals surface area contributed by atoms with Gasteiger partial charge in [0.15, 0.2) is 0 Å². The highest BCUT2D eigenvalue weighted by atomic mass is 32.1. The SMILES string of the molecule is Cc1cc(Cn2ccc(N)n2)cs1. The molecule has 4 heteroatoms. The number of rotatable bonds is 2. The number of anilines is 1. The molecule has 3 nitrogen and oxygen atoms in total. The van der Waals surface area contributed by atoms with Crippen molar-refractivity contribution >= 4 is 17.2 Å². The third-order valence-electron chi connectivity index (χ3n) is 1.79. The van der Waals surface area contributed by atoms with Gasteiger partial charge in [0, 0.05) is 11.1 Å². The summed E-state index contributed by atoms with van der Waals surface area (Å²) in [5, 5.41) is 6.26. The first kappa shape index (κ1) is 8.31. The average Bonchev–Trinajstić information content (AvgIpc) is 2.62. The van der Waals surface area contributed by atoms with Crippen molar-refractivity contribution in [3.05, 3.63) is 34.2 Å². The zero-order chi connectivity index (χ0) is 9.26. The van der Waals surface area contributed by atoms with Crippen LogP contribution in [0.2, 0.25) is 0 Å². The second-order valence-electron chi connectivity index (χ2n) is 3.00. The van der Waals surface area contributed by atoms with E-state index in [-0.39, 0.29) is 0 Å². The maximum atomic E-state index is 5.51. The summed E-state index contributed by atoms with van der Waals surface area (Å²) in [6.45, 7) is 2.91. The summed E-state index contributed by atoms with van der Waals surface area (Å²) in [6.07, 6.45) is 1.89. The van der Waals surface area contributed by atoms with Gasteiger partial charge in [-0.15, -0.1) is 11.3 Å². The Morgan fingerprint density at radius 3 is 3.00 bits per heavy atom. The van der Waals surface area contributed by atoms with E-state index in [4.69, 9.17) is 5.73 Å². The lowest BCUT2D eigenvalue weighted by molar-refractivity contribution is 0.692. The van der Waals surface area contributed by atoms with Crippen LogP contribution >= 0.6 is 11.3 Å². The summed E-state index contributed by atoms with van der Waals surface area (Å²) in [4.78, 5) is 1.33. The van der Waals surface area contributed by atoms with Crippen LogP contribution in [0.3, 0.4) is 0 Å². The van der Waals surface area contributed by atoms with Crippen molar-refractivity contribution in [3.8, 4) is 0 Å². The molecule has 0 aliphatic heterocycles. The molecular weight excluding hydrogens is 182 g/mol. The van der Waals surface area contributed by atoms with E-state index >= 15 is 0 Å². The number of thiophene rings is 1. The lowest BCUT2D eigenvalue weighted by Crippen LogP contribution is -1.99. The first-order valence-electron chi connectivity index (χ1n) is 4.07. The zero-order valence-corrected chi connectivity index (χ0v) is 8.21. The second kappa shape index (κ2) is 3.22. The summed E-state index contributed by atoms with van der Waals surface area (Å²) in [6, 6.07) is 3.97. The zero-order valence-electron chi connectivity index (χ0n) is 7.40. The van der Waals surface area contributed by atoms with Gasteiger partial charge in [0.25, 0.3) is 0 Å². The van der Waals surface area contributed by atoms with Crippen molar-refractivity contribution in [3.63, 3.8) is 0 Å². The fourth-order valence-electron chi connectivity index (χ4n) is 1.23. The smallest absolute Gasteiger partial charge is 0.145 e. The fraction of sp³-hybridized carbons (Fsp3) is 0.222. The highest BCUT2D eigenvalue weighted by Gasteiger charge is 1.98. The molecule has 2 N–H and O–H groups in total. The molecule has 0 saturated heterocycles. The van der Waals surface area contributed by atoms with Gasteiger partial charge in [-0.05, 0) is 30.0 Å². The first-order chi connectivity index (χ1) is 6.24. The standard InChI is InChI=1S/C9H11N3S/c1-7-4-8(6-13-7)5-12-3-2-9(10)11-12/h2-4,6H,5H2,1H3,(H2,10,11). The summed E-state index contributed by atoms with van der Waals surface area (Å²) in [5.41, 5.74) is 6.79. The van der Waals surface area contributed by atoms with Gasteiger partial charge in [-0.3, -0.25) is 4.68 Å². The normalized spacial score (nSPS) is 10.5. The first-order valence-corrected chi connectivity index (χ1v) is 4.95. The van der Waals surface area contributed by atoms with Crippen molar-refractivity contribution in [2.24, 2.45) is 0 Å². The Labute approximate surface area is 80.8 Å². The van der Waals surface area contributed by atoms with E-state index in [1.165, 1.54) is 10.4 Å². The van der Waals surface area contributed by atoms with E-state index in [0.717, 1.165) is 6.54 Å². The topological polar surface area (TPSA) is 43.8 Å². The molecule has 0 amide bonds. The number of nitrogen functional groups attached to an aromatic ring is 1. The van der Waals surface area contributed by atoms with Crippen LogP contribution < -0.4 is 5.73 Å². The Morgan fingerprint density at radius 2 is 2.46 bits per heavy atom. The molecule has 2 rings (SSSR count). The molecule has 2 heterocycles. The number of aryl methyl sites for hydroxylation is 1. The molecule has 0 radical (unpaired) electrons. The molecule has 68 valence electrons. The molecule has 0 saturated carbocycles. The Kier molecular flexibility index (Phi) is 2.06. The second-order valence-corrected chi connectivity index (χ2v) is 4.12. The number of hydrogen-bond donors (Lipinski definition) is 1. The quantitative estimate of drug-likeness (QED) is 0.791. The molecule has 0 aliphatic carbocycles. The van der Waals surface area contributed by atoms with Gasteiger partial charge < -0.3 is 5.73 Å². The van der Waals surface area contributed by atoms with Crippen LogP contribution in [-0.4, -0.2) is 9.78 Å². The number of nitrogens with two attached hydrogens (primary N) is 1. The van der Waals surface area contributed by atoms with E-state index in [0.29, 0.717) is 5.82 Å². The molecule has 0 aliphatic rings. The van der Waals surface area contributed by atoms with Crippen LogP contribution in [0.25, 0.3) is 0 Å². The highest BCUT2D eigenvalue weighted by Crippen LogP contribution is 2.14. The van der Waals surface area contributed by atoms with Crippen molar-refractivity contribution in [2.45, 2.75) is 13.5 Å². The summed E-state index contributed by atoms with van der Waals surface area (Å²) in [7, 11) is 0. The third-order valence-corrected chi connectivity index (χ3v) is 2.70. The van der Waals surface area contributed by atoms with Crippen LogP contribution in [0.15, 0.2) is 23.7 Å². The van der Waals surface area contributed by atoms with Gasteiger partial charge in [-0.2, -0.15) is 5.10 Å². The largest absolute Gasteiger partial charge is 0.382 e. The minimum Gasteiger partial charge on any atom is -0.382 e. The minimum absolute atomic E-state index is 0.576. The van der Waals surface area contributed by atoms with Crippen LogP contribution in [-0.2, 0) is 6.54 Å². The van der Waals surface area contributed by atoms with E-state index in [2.05, 4.69) is 23.5 Å². The van der Waals surface area contributed by atoms with Crippen molar-refractivity contribution in [1.29, 1.82) is 0 Å². The lowest BCUT2D eigenvalue weighted by atomic mass is 10.3. The lowest BCUT2D eigenvalue weighted by Gasteiger charge is -1.96. The van der Waals surface area contributed by atoms with Crippen LogP contribution in [0, 0.1) is 6.92 Å². The third kappa shape index (κ3) is 1.89. The molecule has 0 atom stereocenters. The highest BCUT2D eigenvalue weighted by molar-refractivity contribution is 7.10. The van der Waals surface area contributed by atoms with E-state index in [9.17, 15) is 0 Å². The minimum atomic E-state index is 0.576. The summed E-state index contributed by atoms with van der Waals surface area (Å²) in [5.74, 6) is 0.576. The predicted molar refractivity (Wildman–Crippen MR) is 54.8 cm³/mol. The molecule has 0 spiro atoms. The van der Waals surface area contributed by atoms with Gasteiger partial charge in [-0.25, -0.2) is 0 Å². The Morgan fingerprint density at radius 1 is 1.62 bits per heavy atom. The van der Waals surface area contributed by atoms with Crippen molar-refractivity contribution in [1.82, 2.24) is 9.78 Å².